The highest BCUT2D eigenvalue weighted by Gasteiger charge is 2.28. The first kappa shape index (κ1) is 14.3. The van der Waals surface area contributed by atoms with Gasteiger partial charge < -0.3 is 11.5 Å². The molecule has 1 aromatic rings. The minimum atomic E-state index is -0.189. The third kappa shape index (κ3) is 3.70. The molecule has 1 amide bonds. The van der Waals surface area contributed by atoms with E-state index in [4.69, 9.17) is 11.5 Å². The summed E-state index contributed by atoms with van der Waals surface area (Å²) in [7, 11) is 0. The minimum absolute atomic E-state index is 0.0271. The molecule has 2 atom stereocenters. The molecule has 104 valence electrons. The van der Waals surface area contributed by atoms with E-state index in [0.29, 0.717) is 6.04 Å². The van der Waals surface area contributed by atoms with Crippen LogP contribution in [-0.2, 0) is 11.3 Å². The molecule has 0 aromatic heterocycles. The molecule has 0 bridgehead atoms. The Balaban J connectivity index is 2.09. The van der Waals surface area contributed by atoms with Gasteiger partial charge in [0, 0.05) is 29.3 Å². The van der Waals surface area contributed by atoms with Crippen LogP contribution in [0.3, 0.4) is 0 Å². The van der Waals surface area contributed by atoms with Gasteiger partial charge in [-0.3, -0.25) is 9.69 Å². The third-order valence-electron chi connectivity index (χ3n) is 3.78. The molecule has 0 saturated carbocycles. The number of likely N-dealkylation sites (tertiary alicyclic amines) is 1. The molecule has 0 aliphatic carbocycles. The Labute approximate surface area is 122 Å². The molecule has 2 unspecified atom stereocenters. The molecule has 0 radical (unpaired) electrons. The number of rotatable bonds is 3. The lowest BCUT2D eigenvalue weighted by Crippen LogP contribution is -2.45. The lowest BCUT2D eigenvalue weighted by molar-refractivity contribution is -0.124. The van der Waals surface area contributed by atoms with Crippen LogP contribution in [0.4, 0.5) is 5.69 Å². The van der Waals surface area contributed by atoms with Crippen LogP contribution in [0.15, 0.2) is 22.7 Å². The maximum absolute atomic E-state index is 11.3. The highest BCUT2D eigenvalue weighted by molar-refractivity contribution is 9.10. The van der Waals surface area contributed by atoms with E-state index in [1.165, 1.54) is 0 Å². The maximum atomic E-state index is 11.3. The second kappa shape index (κ2) is 5.92. The number of halogens is 1. The first-order chi connectivity index (χ1) is 8.95. The average molecular weight is 326 g/mol. The van der Waals surface area contributed by atoms with Crippen molar-refractivity contribution in [1.29, 1.82) is 0 Å². The Morgan fingerprint density at radius 2 is 2.16 bits per heavy atom. The summed E-state index contributed by atoms with van der Waals surface area (Å²) in [6.07, 6.45) is 1.91. The van der Waals surface area contributed by atoms with Gasteiger partial charge in [0.2, 0.25) is 5.91 Å². The van der Waals surface area contributed by atoms with E-state index in [9.17, 15) is 4.79 Å². The van der Waals surface area contributed by atoms with E-state index < -0.39 is 0 Å². The standard InChI is InChI=1S/C14H20BrN3O/c1-9-2-3-11(14(17)19)8-18(9)7-10-4-12(15)6-13(16)5-10/h4-6,9,11H,2-3,7-8,16H2,1H3,(H2,17,19). The van der Waals surface area contributed by atoms with E-state index in [-0.39, 0.29) is 11.8 Å². The Kier molecular flexibility index (Phi) is 4.47. The Bertz CT molecular complexity index is 458. The van der Waals surface area contributed by atoms with Gasteiger partial charge in [0.05, 0.1) is 5.92 Å². The first-order valence-electron chi connectivity index (χ1n) is 6.54. The van der Waals surface area contributed by atoms with E-state index in [2.05, 4.69) is 33.8 Å². The topological polar surface area (TPSA) is 72.4 Å². The van der Waals surface area contributed by atoms with Crippen LogP contribution in [0.5, 0.6) is 0 Å². The monoisotopic (exact) mass is 325 g/mol. The molecule has 2 rings (SSSR count). The fourth-order valence-electron chi connectivity index (χ4n) is 2.63. The molecule has 1 saturated heterocycles. The van der Waals surface area contributed by atoms with Gasteiger partial charge in [0.25, 0.3) is 0 Å². The van der Waals surface area contributed by atoms with Gasteiger partial charge in [-0.25, -0.2) is 0 Å². The molecule has 1 heterocycles. The summed E-state index contributed by atoms with van der Waals surface area (Å²) in [6, 6.07) is 6.40. The molecule has 1 aliphatic rings. The highest BCUT2D eigenvalue weighted by Crippen LogP contribution is 2.25. The van der Waals surface area contributed by atoms with Crippen LogP contribution < -0.4 is 11.5 Å². The van der Waals surface area contributed by atoms with Crippen molar-refractivity contribution in [2.75, 3.05) is 12.3 Å². The summed E-state index contributed by atoms with van der Waals surface area (Å²) >= 11 is 3.46. The predicted octanol–water partition coefficient (Wildman–Crippen LogP) is 2.12. The number of carbonyl (C=O) groups excluding carboxylic acids is 1. The number of nitrogens with two attached hydrogens (primary N) is 2. The lowest BCUT2D eigenvalue weighted by Gasteiger charge is -2.36. The summed E-state index contributed by atoms with van der Waals surface area (Å²) in [5, 5.41) is 0. The van der Waals surface area contributed by atoms with Crippen LogP contribution >= 0.6 is 15.9 Å². The smallest absolute Gasteiger partial charge is 0.221 e. The zero-order valence-electron chi connectivity index (χ0n) is 11.1. The molecule has 1 aliphatic heterocycles. The van der Waals surface area contributed by atoms with E-state index in [1.807, 2.05) is 12.1 Å². The van der Waals surface area contributed by atoms with Crippen molar-refractivity contribution in [1.82, 2.24) is 4.90 Å². The number of hydrogen-bond donors (Lipinski definition) is 2. The zero-order chi connectivity index (χ0) is 14.0. The third-order valence-corrected chi connectivity index (χ3v) is 4.24. The summed E-state index contributed by atoms with van der Waals surface area (Å²) in [5.74, 6) is -0.216. The number of piperidine rings is 1. The Morgan fingerprint density at radius 1 is 1.42 bits per heavy atom. The van der Waals surface area contributed by atoms with Gasteiger partial charge in [-0.05, 0) is 43.5 Å². The second-order valence-electron chi connectivity index (χ2n) is 5.35. The maximum Gasteiger partial charge on any atom is 0.221 e. The average Bonchev–Trinajstić information content (AvgIpc) is 2.30. The van der Waals surface area contributed by atoms with Crippen LogP contribution in [-0.4, -0.2) is 23.4 Å². The number of anilines is 1. The van der Waals surface area contributed by atoms with Gasteiger partial charge in [-0.15, -0.1) is 0 Å². The number of amides is 1. The zero-order valence-corrected chi connectivity index (χ0v) is 12.7. The Morgan fingerprint density at radius 3 is 2.79 bits per heavy atom. The number of primary amides is 1. The molecule has 1 aromatic carbocycles. The predicted molar refractivity (Wildman–Crippen MR) is 80.3 cm³/mol. The molecule has 5 heteroatoms. The van der Waals surface area contributed by atoms with E-state index in [0.717, 1.165) is 41.7 Å². The van der Waals surface area contributed by atoms with Crippen molar-refractivity contribution in [3.63, 3.8) is 0 Å². The van der Waals surface area contributed by atoms with Crippen LogP contribution in [0.2, 0.25) is 0 Å². The SMILES string of the molecule is CC1CCC(C(N)=O)CN1Cc1cc(N)cc(Br)c1. The second-order valence-corrected chi connectivity index (χ2v) is 6.26. The molecule has 4 nitrogen and oxygen atoms in total. The van der Waals surface area contributed by atoms with Crippen LogP contribution in [0.1, 0.15) is 25.3 Å². The molecule has 0 spiro atoms. The first-order valence-corrected chi connectivity index (χ1v) is 7.33. The molecular weight excluding hydrogens is 306 g/mol. The fraction of sp³-hybridized carbons (Fsp3) is 0.500. The van der Waals surface area contributed by atoms with Crippen molar-refractivity contribution in [3.05, 3.63) is 28.2 Å². The normalized spacial score (nSPS) is 24.3. The van der Waals surface area contributed by atoms with Crippen molar-refractivity contribution in [2.45, 2.75) is 32.4 Å². The van der Waals surface area contributed by atoms with Crippen molar-refractivity contribution >= 4 is 27.5 Å². The van der Waals surface area contributed by atoms with E-state index in [1.54, 1.807) is 0 Å². The quantitative estimate of drug-likeness (QED) is 0.836. The number of benzene rings is 1. The van der Waals surface area contributed by atoms with Gasteiger partial charge in [0.15, 0.2) is 0 Å². The van der Waals surface area contributed by atoms with Crippen molar-refractivity contribution in [3.8, 4) is 0 Å². The summed E-state index contributed by atoms with van der Waals surface area (Å²) in [4.78, 5) is 13.6. The van der Waals surface area contributed by atoms with Gasteiger partial charge in [-0.1, -0.05) is 15.9 Å². The number of nitrogens with zero attached hydrogens (tertiary/aromatic N) is 1. The highest BCUT2D eigenvalue weighted by atomic mass is 79.9. The number of nitrogen functional groups attached to an aromatic ring is 1. The van der Waals surface area contributed by atoms with Crippen LogP contribution in [0.25, 0.3) is 0 Å². The Hall–Kier alpha value is -1.07. The summed E-state index contributed by atoms with van der Waals surface area (Å²) in [6.45, 7) is 3.73. The molecule has 4 N–H and O–H groups in total. The lowest BCUT2D eigenvalue weighted by atomic mass is 9.92. The van der Waals surface area contributed by atoms with Crippen LogP contribution in [0, 0.1) is 5.92 Å². The van der Waals surface area contributed by atoms with Gasteiger partial charge >= 0.3 is 0 Å². The molecular formula is C14H20BrN3O. The number of carbonyl (C=O) groups is 1. The van der Waals surface area contributed by atoms with Crippen molar-refractivity contribution < 1.29 is 4.79 Å². The van der Waals surface area contributed by atoms with E-state index >= 15 is 0 Å². The summed E-state index contributed by atoms with van der Waals surface area (Å²) < 4.78 is 0.985. The summed E-state index contributed by atoms with van der Waals surface area (Å²) in [5.41, 5.74) is 13.2. The van der Waals surface area contributed by atoms with Gasteiger partial charge in [0.1, 0.15) is 0 Å². The minimum Gasteiger partial charge on any atom is -0.399 e. The number of hydrogen-bond acceptors (Lipinski definition) is 3. The molecule has 1 fully saturated rings. The molecule has 19 heavy (non-hydrogen) atoms. The van der Waals surface area contributed by atoms with Crippen molar-refractivity contribution in [2.24, 2.45) is 11.7 Å². The van der Waals surface area contributed by atoms with Gasteiger partial charge in [-0.2, -0.15) is 0 Å². The largest absolute Gasteiger partial charge is 0.399 e. The fourth-order valence-corrected chi connectivity index (χ4v) is 3.19.